The number of benzene rings is 1. The van der Waals surface area contributed by atoms with E-state index in [0.29, 0.717) is 5.56 Å². The molecule has 0 fully saturated rings. The second-order valence-electron chi connectivity index (χ2n) is 4.98. The van der Waals surface area contributed by atoms with E-state index in [2.05, 4.69) is 5.32 Å². The van der Waals surface area contributed by atoms with Crippen LogP contribution in [0.4, 0.5) is 5.88 Å². The number of ketones is 1. The Balaban J connectivity index is 2.42. The van der Waals surface area contributed by atoms with Crippen LogP contribution in [0.25, 0.3) is 0 Å². The molecule has 0 unspecified atom stereocenters. The summed E-state index contributed by atoms with van der Waals surface area (Å²) in [5.74, 6) is -1.51. The molecule has 0 saturated carbocycles. The zero-order valence-corrected chi connectivity index (χ0v) is 12.5. The summed E-state index contributed by atoms with van der Waals surface area (Å²) in [6.07, 6.45) is 0. The van der Waals surface area contributed by atoms with Crippen molar-refractivity contribution in [1.29, 1.82) is 0 Å². The first-order chi connectivity index (χ1) is 10.3. The molecule has 2 amide bonds. The highest BCUT2D eigenvalue weighted by molar-refractivity contribution is 6.13. The Morgan fingerprint density at radius 3 is 2.36 bits per heavy atom. The van der Waals surface area contributed by atoms with E-state index in [0.717, 1.165) is 5.56 Å². The molecular formula is C16H16N2O4. The van der Waals surface area contributed by atoms with Crippen molar-refractivity contribution < 1.29 is 18.8 Å². The Bertz CT molecular complexity index is 774. The zero-order valence-electron chi connectivity index (χ0n) is 12.5. The van der Waals surface area contributed by atoms with Gasteiger partial charge in [0.05, 0.1) is 5.56 Å². The number of aryl methyl sites for hydroxylation is 2. The normalized spacial score (nSPS) is 10.3. The molecule has 0 saturated heterocycles. The molecule has 0 bridgehead atoms. The number of hydrogen-bond donors (Lipinski definition) is 2. The molecule has 0 aliphatic rings. The lowest BCUT2D eigenvalue weighted by Gasteiger charge is -2.05. The van der Waals surface area contributed by atoms with E-state index in [1.165, 1.54) is 13.8 Å². The van der Waals surface area contributed by atoms with E-state index in [1.54, 1.807) is 18.2 Å². The zero-order chi connectivity index (χ0) is 16.4. The molecule has 0 atom stereocenters. The maximum Gasteiger partial charge on any atom is 0.258 e. The molecule has 1 aromatic carbocycles. The summed E-state index contributed by atoms with van der Waals surface area (Å²) >= 11 is 0. The van der Waals surface area contributed by atoms with Crippen molar-refractivity contribution in [3.05, 3.63) is 52.3 Å². The lowest BCUT2D eigenvalue weighted by atomic mass is 10.1. The number of amides is 2. The highest BCUT2D eigenvalue weighted by Crippen LogP contribution is 2.27. The Hall–Kier alpha value is -2.89. The van der Waals surface area contributed by atoms with Gasteiger partial charge in [0.15, 0.2) is 5.78 Å². The maximum absolute atomic E-state index is 12.2. The summed E-state index contributed by atoms with van der Waals surface area (Å²) in [4.78, 5) is 35.4. The number of anilines is 1. The first-order valence-electron chi connectivity index (χ1n) is 6.63. The average molecular weight is 300 g/mol. The van der Waals surface area contributed by atoms with Gasteiger partial charge in [-0.3, -0.25) is 19.7 Å². The lowest BCUT2D eigenvalue weighted by Crippen LogP contribution is -2.19. The first-order valence-corrected chi connectivity index (χ1v) is 6.63. The largest absolute Gasteiger partial charge is 0.444 e. The third kappa shape index (κ3) is 2.90. The summed E-state index contributed by atoms with van der Waals surface area (Å²) in [6.45, 7) is 4.69. The minimum Gasteiger partial charge on any atom is -0.444 e. The maximum atomic E-state index is 12.2. The van der Waals surface area contributed by atoms with E-state index in [-0.39, 0.29) is 28.6 Å². The fourth-order valence-electron chi connectivity index (χ4n) is 2.25. The van der Waals surface area contributed by atoms with Crippen LogP contribution in [-0.2, 0) is 0 Å². The number of nitrogens with two attached hydrogens (primary N) is 1. The number of rotatable bonds is 4. The van der Waals surface area contributed by atoms with Crippen LogP contribution >= 0.6 is 0 Å². The minimum absolute atomic E-state index is 0.0899. The van der Waals surface area contributed by atoms with Gasteiger partial charge < -0.3 is 10.2 Å². The molecule has 1 heterocycles. The van der Waals surface area contributed by atoms with Gasteiger partial charge in [-0.15, -0.1) is 0 Å². The first kappa shape index (κ1) is 15.5. The van der Waals surface area contributed by atoms with Crippen molar-refractivity contribution in [2.24, 2.45) is 5.73 Å². The highest BCUT2D eigenvalue weighted by Gasteiger charge is 2.26. The monoisotopic (exact) mass is 300 g/mol. The number of Topliss-reactive ketones (excluding diaryl/α,β-unsaturated/α-hetero) is 1. The van der Waals surface area contributed by atoms with Gasteiger partial charge in [0.2, 0.25) is 5.88 Å². The van der Waals surface area contributed by atoms with Gasteiger partial charge in [-0.25, -0.2) is 0 Å². The number of hydrogen-bond acceptors (Lipinski definition) is 4. The molecule has 22 heavy (non-hydrogen) atoms. The van der Waals surface area contributed by atoms with Crippen LogP contribution in [0.2, 0.25) is 0 Å². The fourth-order valence-corrected chi connectivity index (χ4v) is 2.25. The number of carbonyl (C=O) groups is 3. The molecule has 0 aliphatic carbocycles. The summed E-state index contributed by atoms with van der Waals surface area (Å²) in [6, 6.07) is 6.93. The van der Waals surface area contributed by atoms with E-state index in [9.17, 15) is 14.4 Å². The topological polar surface area (TPSA) is 102 Å². The van der Waals surface area contributed by atoms with Gasteiger partial charge in [0.25, 0.3) is 11.8 Å². The molecule has 0 radical (unpaired) electrons. The summed E-state index contributed by atoms with van der Waals surface area (Å²) in [7, 11) is 0. The molecule has 3 N–H and O–H groups in total. The van der Waals surface area contributed by atoms with E-state index < -0.39 is 11.8 Å². The number of carbonyl (C=O) groups excluding carboxylic acids is 3. The van der Waals surface area contributed by atoms with E-state index in [4.69, 9.17) is 10.2 Å². The second kappa shape index (κ2) is 5.85. The predicted octanol–water partition coefficient (Wildman–Crippen LogP) is 2.45. The van der Waals surface area contributed by atoms with Crippen molar-refractivity contribution in [2.75, 3.05) is 5.32 Å². The van der Waals surface area contributed by atoms with Gasteiger partial charge in [-0.1, -0.05) is 17.7 Å². The lowest BCUT2D eigenvalue weighted by molar-refractivity contribution is 0.0974. The van der Waals surface area contributed by atoms with Crippen LogP contribution in [0.5, 0.6) is 0 Å². The van der Waals surface area contributed by atoms with Crippen molar-refractivity contribution in [2.45, 2.75) is 20.8 Å². The SMILES string of the molecule is CC(=O)c1c(C)oc(NC(=O)c2cccc(C)c2)c1C(N)=O. The fraction of sp³-hybridized carbons (Fsp3) is 0.188. The molecular weight excluding hydrogens is 284 g/mol. The number of primary amides is 1. The quantitative estimate of drug-likeness (QED) is 0.846. The number of furan rings is 1. The van der Waals surface area contributed by atoms with Gasteiger partial charge in [0.1, 0.15) is 11.3 Å². The van der Waals surface area contributed by atoms with Crippen molar-refractivity contribution in [3.63, 3.8) is 0 Å². The minimum atomic E-state index is -0.832. The van der Waals surface area contributed by atoms with Gasteiger partial charge >= 0.3 is 0 Å². The number of nitrogens with one attached hydrogen (secondary N) is 1. The molecule has 1 aromatic heterocycles. The van der Waals surface area contributed by atoms with E-state index >= 15 is 0 Å². The van der Waals surface area contributed by atoms with Gasteiger partial charge in [0, 0.05) is 5.56 Å². The van der Waals surface area contributed by atoms with E-state index in [1.807, 2.05) is 13.0 Å². The standard InChI is InChI=1S/C16H16N2O4/c1-8-5-4-6-11(7-8)15(21)18-16-13(14(17)20)12(9(2)19)10(3)22-16/h4-7H,1-3H3,(H2,17,20)(H,18,21). The van der Waals surface area contributed by atoms with Gasteiger partial charge in [-0.05, 0) is 32.9 Å². The second-order valence-corrected chi connectivity index (χ2v) is 4.98. The van der Waals surface area contributed by atoms with Crippen molar-refractivity contribution >= 4 is 23.5 Å². The highest BCUT2D eigenvalue weighted by atomic mass is 16.4. The Kier molecular flexibility index (Phi) is 4.12. The van der Waals surface area contributed by atoms with Crippen LogP contribution in [0.3, 0.4) is 0 Å². The van der Waals surface area contributed by atoms with Gasteiger partial charge in [-0.2, -0.15) is 0 Å². The Morgan fingerprint density at radius 2 is 1.82 bits per heavy atom. The third-order valence-electron chi connectivity index (χ3n) is 3.19. The Labute approximate surface area is 127 Å². The van der Waals surface area contributed by atoms with Crippen LogP contribution in [-0.4, -0.2) is 17.6 Å². The van der Waals surface area contributed by atoms with Crippen LogP contribution in [0.1, 0.15) is 49.3 Å². The average Bonchev–Trinajstić information content (AvgIpc) is 2.75. The molecule has 6 heteroatoms. The molecule has 0 spiro atoms. The van der Waals surface area contributed by atoms with Crippen LogP contribution in [0, 0.1) is 13.8 Å². The Morgan fingerprint density at radius 1 is 1.14 bits per heavy atom. The third-order valence-corrected chi connectivity index (χ3v) is 3.19. The predicted molar refractivity (Wildman–Crippen MR) is 81.1 cm³/mol. The van der Waals surface area contributed by atoms with Crippen LogP contribution < -0.4 is 11.1 Å². The molecule has 6 nitrogen and oxygen atoms in total. The molecule has 0 aliphatic heterocycles. The summed E-state index contributed by atoms with van der Waals surface area (Å²) in [5.41, 5.74) is 6.62. The molecule has 2 rings (SSSR count). The summed E-state index contributed by atoms with van der Waals surface area (Å²) < 4.78 is 5.34. The van der Waals surface area contributed by atoms with Crippen LogP contribution in [0.15, 0.2) is 28.7 Å². The summed E-state index contributed by atoms with van der Waals surface area (Å²) in [5, 5.41) is 2.49. The smallest absolute Gasteiger partial charge is 0.258 e. The van der Waals surface area contributed by atoms with Crippen molar-refractivity contribution in [1.82, 2.24) is 0 Å². The molecule has 2 aromatic rings. The van der Waals surface area contributed by atoms with Crippen molar-refractivity contribution in [3.8, 4) is 0 Å². The molecule has 114 valence electrons.